The molecule has 0 bridgehead atoms. The Kier molecular flexibility index (Phi) is 3.77. The molecule has 2 N–H and O–H groups in total. The van der Waals surface area contributed by atoms with Crippen LogP contribution in [-0.4, -0.2) is 18.5 Å². The Labute approximate surface area is 151 Å². The van der Waals surface area contributed by atoms with Crippen molar-refractivity contribution in [3.05, 3.63) is 52.0 Å². The summed E-state index contributed by atoms with van der Waals surface area (Å²) in [6.45, 7) is 5.42. The van der Waals surface area contributed by atoms with E-state index in [-0.39, 0.29) is 17.4 Å². The lowest BCUT2D eigenvalue weighted by atomic mass is 9.82. The number of benzene rings is 2. The van der Waals surface area contributed by atoms with Crippen molar-refractivity contribution >= 4 is 27.5 Å². The van der Waals surface area contributed by atoms with Crippen LogP contribution < -0.4 is 10.6 Å². The van der Waals surface area contributed by atoms with Crippen LogP contribution >= 0.6 is 15.9 Å². The molecule has 1 aliphatic heterocycles. The van der Waals surface area contributed by atoms with E-state index in [0.717, 1.165) is 29.5 Å². The zero-order chi connectivity index (χ0) is 16.9. The van der Waals surface area contributed by atoms with Crippen LogP contribution in [0.15, 0.2) is 40.9 Å². The Bertz CT molecular complexity index is 822. The third-order valence-electron chi connectivity index (χ3n) is 5.28. The molecule has 0 saturated carbocycles. The number of halogens is 1. The molecule has 2 aliphatic rings. The molecule has 1 fully saturated rings. The number of hydrogen-bond donors (Lipinski definition) is 2. The SMILES string of the molecule is CC1(C)c2cc(Br)ccc2-c2ccc(NC(=O)C3CCCN3)cc21. The Balaban J connectivity index is 1.68. The standard InChI is InChI=1S/C20H21BrN2O/c1-20(2)16-10-12(21)5-7-14(16)15-8-6-13(11-17(15)20)23-19(24)18-4-3-9-22-18/h5-8,10-11,18,22H,3-4,9H2,1-2H3,(H,23,24). The molecule has 2 aromatic carbocycles. The molecule has 124 valence electrons. The second kappa shape index (κ2) is 5.71. The topological polar surface area (TPSA) is 41.1 Å². The van der Waals surface area contributed by atoms with Crippen LogP contribution in [-0.2, 0) is 10.2 Å². The number of amides is 1. The fraction of sp³-hybridized carbons (Fsp3) is 0.350. The van der Waals surface area contributed by atoms with Gasteiger partial charge in [0, 0.05) is 15.6 Å². The van der Waals surface area contributed by atoms with Gasteiger partial charge in [0.05, 0.1) is 6.04 Å². The average Bonchev–Trinajstić information content (AvgIpc) is 3.15. The minimum atomic E-state index is -0.0687. The predicted octanol–water partition coefficient (Wildman–Crippen LogP) is 4.45. The quantitative estimate of drug-likeness (QED) is 0.802. The minimum Gasteiger partial charge on any atom is -0.325 e. The van der Waals surface area contributed by atoms with Crippen LogP contribution in [0, 0.1) is 0 Å². The van der Waals surface area contributed by atoms with Crippen LogP contribution in [0.2, 0.25) is 0 Å². The summed E-state index contributed by atoms with van der Waals surface area (Å²) >= 11 is 3.58. The average molecular weight is 385 g/mol. The second-order valence-corrected chi connectivity index (χ2v) is 8.13. The Morgan fingerprint density at radius 1 is 1.17 bits per heavy atom. The van der Waals surface area contributed by atoms with Crippen molar-refractivity contribution in [3.8, 4) is 11.1 Å². The van der Waals surface area contributed by atoms with Crippen molar-refractivity contribution in [2.24, 2.45) is 0 Å². The summed E-state index contributed by atoms with van der Waals surface area (Å²) in [6.07, 6.45) is 1.99. The molecule has 0 aromatic heterocycles. The first-order chi connectivity index (χ1) is 11.5. The van der Waals surface area contributed by atoms with Crippen molar-refractivity contribution in [2.75, 3.05) is 11.9 Å². The van der Waals surface area contributed by atoms with E-state index in [2.05, 4.69) is 70.7 Å². The van der Waals surface area contributed by atoms with Gasteiger partial charge in [-0.1, -0.05) is 41.9 Å². The maximum Gasteiger partial charge on any atom is 0.241 e. The molecule has 1 atom stereocenters. The molecular formula is C20H21BrN2O. The van der Waals surface area contributed by atoms with Crippen molar-refractivity contribution < 1.29 is 4.79 Å². The summed E-state index contributed by atoms with van der Waals surface area (Å²) in [5.41, 5.74) is 5.96. The van der Waals surface area contributed by atoms with Crippen molar-refractivity contribution in [1.82, 2.24) is 5.32 Å². The van der Waals surface area contributed by atoms with Gasteiger partial charge in [-0.05, 0) is 65.9 Å². The summed E-state index contributed by atoms with van der Waals surface area (Å²) in [4.78, 5) is 12.4. The Morgan fingerprint density at radius 3 is 2.58 bits per heavy atom. The molecule has 0 spiro atoms. The smallest absolute Gasteiger partial charge is 0.241 e. The fourth-order valence-electron chi connectivity index (χ4n) is 3.93. The minimum absolute atomic E-state index is 0.0561. The molecule has 1 aliphatic carbocycles. The van der Waals surface area contributed by atoms with Crippen molar-refractivity contribution in [1.29, 1.82) is 0 Å². The maximum atomic E-state index is 12.4. The zero-order valence-electron chi connectivity index (χ0n) is 13.9. The maximum absolute atomic E-state index is 12.4. The summed E-state index contributed by atoms with van der Waals surface area (Å²) in [7, 11) is 0. The van der Waals surface area contributed by atoms with Gasteiger partial charge in [0.1, 0.15) is 0 Å². The van der Waals surface area contributed by atoms with Gasteiger partial charge in [0.15, 0.2) is 0 Å². The first-order valence-corrected chi connectivity index (χ1v) is 9.25. The summed E-state index contributed by atoms with van der Waals surface area (Å²) in [5, 5.41) is 6.33. The zero-order valence-corrected chi connectivity index (χ0v) is 15.5. The molecule has 4 heteroatoms. The molecular weight excluding hydrogens is 364 g/mol. The lowest BCUT2D eigenvalue weighted by molar-refractivity contribution is -0.117. The third-order valence-corrected chi connectivity index (χ3v) is 5.78. The number of fused-ring (bicyclic) bond motifs is 3. The van der Waals surface area contributed by atoms with E-state index in [1.54, 1.807) is 0 Å². The number of hydrogen-bond acceptors (Lipinski definition) is 2. The van der Waals surface area contributed by atoms with Gasteiger partial charge in [-0.15, -0.1) is 0 Å². The van der Waals surface area contributed by atoms with Gasteiger partial charge >= 0.3 is 0 Å². The van der Waals surface area contributed by atoms with Gasteiger partial charge < -0.3 is 10.6 Å². The molecule has 4 rings (SSSR count). The highest BCUT2D eigenvalue weighted by molar-refractivity contribution is 9.10. The molecule has 0 radical (unpaired) electrons. The number of carbonyl (C=O) groups excluding carboxylic acids is 1. The molecule has 24 heavy (non-hydrogen) atoms. The molecule has 1 unspecified atom stereocenters. The highest BCUT2D eigenvalue weighted by Gasteiger charge is 2.35. The van der Waals surface area contributed by atoms with Gasteiger partial charge in [0.2, 0.25) is 5.91 Å². The van der Waals surface area contributed by atoms with Gasteiger partial charge in [-0.3, -0.25) is 4.79 Å². The van der Waals surface area contributed by atoms with Crippen LogP contribution in [0.4, 0.5) is 5.69 Å². The number of nitrogens with one attached hydrogen (secondary N) is 2. The van der Waals surface area contributed by atoms with Crippen molar-refractivity contribution in [3.63, 3.8) is 0 Å². The molecule has 1 heterocycles. The largest absolute Gasteiger partial charge is 0.325 e. The lowest BCUT2D eigenvalue weighted by Crippen LogP contribution is -2.35. The third kappa shape index (κ3) is 2.49. The Morgan fingerprint density at radius 2 is 1.88 bits per heavy atom. The van der Waals surface area contributed by atoms with E-state index in [1.165, 1.54) is 22.3 Å². The van der Waals surface area contributed by atoms with E-state index >= 15 is 0 Å². The Hall–Kier alpha value is -1.65. The number of carbonyl (C=O) groups is 1. The van der Waals surface area contributed by atoms with Gasteiger partial charge in [-0.2, -0.15) is 0 Å². The number of anilines is 1. The van der Waals surface area contributed by atoms with E-state index in [0.29, 0.717) is 0 Å². The molecule has 1 amide bonds. The van der Waals surface area contributed by atoms with Crippen molar-refractivity contribution in [2.45, 2.75) is 38.1 Å². The van der Waals surface area contributed by atoms with Crippen LogP contribution in [0.5, 0.6) is 0 Å². The summed E-state index contributed by atoms with van der Waals surface area (Å²) < 4.78 is 1.10. The van der Waals surface area contributed by atoms with Crippen LogP contribution in [0.3, 0.4) is 0 Å². The summed E-state index contributed by atoms with van der Waals surface area (Å²) in [5.74, 6) is 0.0727. The highest BCUT2D eigenvalue weighted by atomic mass is 79.9. The van der Waals surface area contributed by atoms with E-state index in [9.17, 15) is 4.79 Å². The fourth-order valence-corrected chi connectivity index (χ4v) is 4.29. The molecule has 3 nitrogen and oxygen atoms in total. The lowest BCUT2D eigenvalue weighted by Gasteiger charge is -2.22. The number of rotatable bonds is 2. The van der Waals surface area contributed by atoms with Crippen LogP contribution in [0.1, 0.15) is 37.8 Å². The first-order valence-electron chi connectivity index (χ1n) is 8.46. The second-order valence-electron chi connectivity index (χ2n) is 7.21. The van der Waals surface area contributed by atoms with Gasteiger partial charge in [-0.25, -0.2) is 0 Å². The monoisotopic (exact) mass is 384 g/mol. The van der Waals surface area contributed by atoms with Gasteiger partial charge in [0.25, 0.3) is 0 Å². The van der Waals surface area contributed by atoms with Crippen LogP contribution in [0.25, 0.3) is 11.1 Å². The highest BCUT2D eigenvalue weighted by Crippen LogP contribution is 2.49. The van der Waals surface area contributed by atoms with E-state index < -0.39 is 0 Å². The normalized spacial score (nSPS) is 20.5. The summed E-state index contributed by atoms with van der Waals surface area (Å²) in [6, 6.07) is 12.7. The predicted molar refractivity (Wildman–Crippen MR) is 101 cm³/mol. The van der Waals surface area contributed by atoms with E-state index in [4.69, 9.17) is 0 Å². The molecule has 2 aromatic rings. The molecule has 1 saturated heterocycles. The van der Waals surface area contributed by atoms with E-state index in [1.807, 2.05) is 6.07 Å². The first kappa shape index (κ1) is 15.9.